The molecular formula is C32H34N4O6S. The van der Waals surface area contributed by atoms with E-state index >= 15 is 0 Å². The zero-order valence-corrected chi connectivity index (χ0v) is 24.7. The number of anilines is 2. The SMILES string of the molecule is COc1ccc(S(=O)(=O)Nc2ccc(N3CC(NC[C@H](O)COc4cccc5[nH]c6ccccc6c45)C3)cc2)cc1OC. The molecule has 0 radical (unpaired) electrons. The van der Waals surface area contributed by atoms with E-state index in [1.165, 1.54) is 26.4 Å². The number of H-pyrrole nitrogens is 1. The Morgan fingerprint density at radius 2 is 1.65 bits per heavy atom. The summed E-state index contributed by atoms with van der Waals surface area (Å²) in [5.41, 5.74) is 3.50. The molecule has 0 saturated carbocycles. The van der Waals surface area contributed by atoms with E-state index in [2.05, 4.69) is 26.0 Å². The molecule has 224 valence electrons. The molecule has 6 rings (SSSR count). The Bertz CT molecular complexity index is 1830. The largest absolute Gasteiger partial charge is 0.493 e. The minimum Gasteiger partial charge on any atom is -0.493 e. The average Bonchev–Trinajstić information content (AvgIpc) is 3.39. The molecule has 0 amide bonds. The summed E-state index contributed by atoms with van der Waals surface area (Å²) in [4.78, 5) is 5.67. The second-order valence-corrected chi connectivity index (χ2v) is 12.2. The Morgan fingerprint density at radius 1 is 0.907 bits per heavy atom. The smallest absolute Gasteiger partial charge is 0.262 e. The van der Waals surface area contributed by atoms with Gasteiger partial charge < -0.3 is 34.5 Å². The topological polar surface area (TPSA) is 125 Å². The second kappa shape index (κ2) is 12.0. The van der Waals surface area contributed by atoms with E-state index in [4.69, 9.17) is 14.2 Å². The van der Waals surface area contributed by atoms with Crippen molar-refractivity contribution >= 4 is 43.2 Å². The van der Waals surface area contributed by atoms with E-state index in [1.54, 1.807) is 18.2 Å². The number of nitrogens with zero attached hydrogens (tertiary/aromatic N) is 1. The van der Waals surface area contributed by atoms with Crippen molar-refractivity contribution in [1.82, 2.24) is 10.3 Å². The van der Waals surface area contributed by atoms with Gasteiger partial charge in [-0.05, 0) is 54.6 Å². The third-order valence-corrected chi connectivity index (χ3v) is 8.98. The zero-order chi connectivity index (χ0) is 30.0. The van der Waals surface area contributed by atoms with Gasteiger partial charge >= 0.3 is 0 Å². The van der Waals surface area contributed by atoms with Crippen LogP contribution in [0.3, 0.4) is 0 Å². The lowest BCUT2D eigenvalue weighted by molar-refractivity contribution is 0.103. The highest BCUT2D eigenvalue weighted by molar-refractivity contribution is 7.92. The van der Waals surface area contributed by atoms with Gasteiger partial charge in [-0.3, -0.25) is 4.72 Å². The number of ether oxygens (including phenoxy) is 3. The lowest BCUT2D eigenvalue weighted by Crippen LogP contribution is -2.59. The Hall–Kier alpha value is -4.45. The maximum atomic E-state index is 12.9. The molecule has 1 aliphatic rings. The summed E-state index contributed by atoms with van der Waals surface area (Å²) in [5, 5.41) is 16.1. The van der Waals surface area contributed by atoms with Gasteiger partial charge in [0.1, 0.15) is 18.5 Å². The molecule has 4 N–H and O–H groups in total. The first kappa shape index (κ1) is 28.7. The summed E-state index contributed by atoms with van der Waals surface area (Å²) in [6.07, 6.45) is -0.660. The molecule has 0 aliphatic carbocycles. The summed E-state index contributed by atoms with van der Waals surface area (Å²) in [6.45, 7) is 2.15. The van der Waals surface area contributed by atoms with Gasteiger partial charge in [0.05, 0.1) is 24.6 Å². The molecule has 2 heterocycles. The van der Waals surface area contributed by atoms with Crippen LogP contribution in [0.2, 0.25) is 0 Å². The van der Waals surface area contributed by atoms with E-state index in [0.29, 0.717) is 23.7 Å². The van der Waals surface area contributed by atoms with Crippen LogP contribution >= 0.6 is 0 Å². The highest BCUT2D eigenvalue weighted by Crippen LogP contribution is 2.33. The molecule has 0 spiro atoms. The Balaban J connectivity index is 0.974. The highest BCUT2D eigenvalue weighted by Gasteiger charge is 2.27. The van der Waals surface area contributed by atoms with Crippen LogP contribution < -0.4 is 29.1 Å². The normalized spacial score (nSPS) is 14.4. The molecule has 43 heavy (non-hydrogen) atoms. The van der Waals surface area contributed by atoms with E-state index in [-0.39, 0.29) is 17.5 Å². The molecule has 1 saturated heterocycles. The number of hydrogen-bond acceptors (Lipinski definition) is 8. The van der Waals surface area contributed by atoms with Crippen molar-refractivity contribution in [2.75, 3.05) is 50.1 Å². The van der Waals surface area contributed by atoms with Crippen LogP contribution in [-0.4, -0.2) is 71.1 Å². The highest BCUT2D eigenvalue weighted by atomic mass is 32.2. The van der Waals surface area contributed by atoms with Gasteiger partial charge in [0, 0.05) is 59.4 Å². The van der Waals surface area contributed by atoms with Crippen molar-refractivity contribution in [2.45, 2.75) is 17.0 Å². The first-order valence-corrected chi connectivity index (χ1v) is 15.5. The van der Waals surface area contributed by atoms with Gasteiger partial charge in [-0.1, -0.05) is 24.3 Å². The fraction of sp³-hybridized carbons (Fsp3) is 0.250. The number of para-hydroxylation sites is 1. The molecule has 1 fully saturated rings. The van der Waals surface area contributed by atoms with Gasteiger partial charge in [0.25, 0.3) is 10.0 Å². The summed E-state index contributed by atoms with van der Waals surface area (Å²) < 4.78 is 44.9. The lowest BCUT2D eigenvalue weighted by Gasteiger charge is -2.42. The van der Waals surface area contributed by atoms with Gasteiger partial charge in [-0.25, -0.2) is 8.42 Å². The molecule has 1 atom stereocenters. The molecule has 5 aromatic rings. The van der Waals surface area contributed by atoms with Crippen LogP contribution in [0.5, 0.6) is 17.2 Å². The Morgan fingerprint density at radius 3 is 2.42 bits per heavy atom. The van der Waals surface area contributed by atoms with Gasteiger partial charge in [0.2, 0.25) is 0 Å². The Kier molecular flexibility index (Phi) is 8.02. The number of sulfonamides is 1. The van der Waals surface area contributed by atoms with Crippen LogP contribution in [-0.2, 0) is 10.0 Å². The standard InChI is InChI=1S/C32H34N4O6S/c1-40-29-15-14-25(16-31(29)41-2)43(38,39)35-21-10-12-23(13-11-21)36-18-22(19-36)33-17-24(37)20-42-30-9-5-8-28-32(30)26-6-3-4-7-27(26)34-28/h3-16,22,24,33-35,37H,17-20H2,1-2H3/t24-/m0/s1. The lowest BCUT2D eigenvalue weighted by atomic mass is 10.1. The predicted molar refractivity (Wildman–Crippen MR) is 168 cm³/mol. The minimum absolute atomic E-state index is 0.0773. The summed E-state index contributed by atoms with van der Waals surface area (Å²) in [6, 6.07) is 25.9. The van der Waals surface area contributed by atoms with Crippen molar-refractivity contribution in [3.05, 3.63) is 84.9 Å². The van der Waals surface area contributed by atoms with Crippen molar-refractivity contribution in [1.29, 1.82) is 0 Å². The monoisotopic (exact) mass is 602 g/mol. The maximum Gasteiger partial charge on any atom is 0.262 e. The number of aromatic amines is 1. The molecule has 10 nitrogen and oxygen atoms in total. The molecular weight excluding hydrogens is 568 g/mol. The van der Waals surface area contributed by atoms with E-state index in [1.807, 2.05) is 48.5 Å². The average molecular weight is 603 g/mol. The number of fused-ring (bicyclic) bond motifs is 3. The van der Waals surface area contributed by atoms with Crippen LogP contribution in [0.4, 0.5) is 11.4 Å². The summed E-state index contributed by atoms with van der Waals surface area (Å²) >= 11 is 0. The predicted octanol–water partition coefficient (Wildman–Crippen LogP) is 4.36. The first-order valence-electron chi connectivity index (χ1n) is 14.0. The minimum atomic E-state index is -3.80. The third kappa shape index (κ3) is 6.05. The Labute approximate surface area is 250 Å². The number of hydrogen-bond donors (Lipinski definition) is 4. The van der Waals surface area contributed by atoms with Gasteiger partial charge in [-0.15, -0.1) is 0 Å². The van der Waals surface area contributed by atoms with E-state index < -0.39 is 16.1 Å². The second-order valence-electron chi connectivity index (χ2n) is 10.5. The molecule has 4 aromatic carbocycles. The van der Waals surface area contributed by atoms with Crippen molar-refractivity contribution in [3.8, 4) is 17.2 Å². The molecule has 0 bridgehead atoms. The van der Waals surface area contributed by atoms with Crippen LogP contribution in [0.15, 0.2) is 89.8 Å². The molecule has 11 heteroatoms. The number of nitrogens with one attached hydrogen (secondary N) is 3. The van der Waals surface area contributed by atoms with Crippen molar-refractivity contribution < 1.29 is 27.7 Å². The number of aliphatic hydroxyl groups excluding tert-OH is 1. The van der Waals surface area contributed by atoms with Gasteiger partial charge in [0.15, 0.2) is 11.5 Å². The molecule has 0 unspecified atom stereocenters. The van der Waals surface area contributed by atoms with E-state index in [0.717, 1.165) is 46.3 Å². The summed E-state index contributed by atoms with van der Waals surface area (Å²) in [7, 11) is -0.850. The number of rotatable bonds is 12. The number of methoxy groups -OCH3 is 2. The van der Waals surface area contributed by atoms with Crippen molar-refractivity contribution in [3.63, 3.8) is 0 Å². The van der Waals surface area contributed by atoms with E-state index in [9.17, 15) is 13.5 Å². The number of benzene rings is 4. The maximum absolute atomic E-state index is 12.9. The quantitative estimate of drug-likeness (QED) is 0.166. The van der Waals surface area contributed by atoms with Gasteiger partial charge in [-0.2, -0.15) is 0 Å². The number of aromatic nitrogens is 1. The molecule has 1 aliphatic heterocycles. The fourth-order valence-electron chi connectivity index (χ4n) is 5.29. The van der Waals surface area contributed by atoms with Crippen LogP contribution in [0.1, 0.15) is 0 Å². The molecule has 1 aromatic heterocycles. The fourth-order valence-corrected chi connectivity index (χ4v) is 6.37. The zero-order valence-electron chi connectivity index (χ0n) is 23.9. The number of aliphatic hydroxyl groups is 1. The summed E-state index contributed by atoms with van der Waals surface area (Å²) in [5.74, 6) is 1.54. The first-order chi connectivity index (χ1) is 20.8. The van der Waals surface area contributed by atoms with Crippen LogP contribution in [0, 0.1) is 0 Å². The third-order valence-electron chi connectivity index (χ3n) is 7.60. The van der Waals surface area contributed by atoms with Crippen LogP contribution in [0.25, 0.3) is 21.8 Å². The van der Waals surface area contributed by atoms with Crippen molar-refractivity contribution in [2.24, 2.45) is 0 Å².